The highest BCUT2D eigenvalue weighted by atomic mass is 16.6. The third kappa shape index (κ3) is 2.42. The Morgan fingerprint density at radius 2 is 2.00 bits per heavy atom. The van der Waals surface area contributed by atoms with E-state index in [2.05, 4.69) is 0 Å². The lowest BCUT2D eigenvalue weighted by atomic mass is 9.92. The molecule has 0 spiro atoms. The lowest BCUT2D eigenvalue weighted by Gasteiger charge is -2.16. The molecule has 0 bridgehead atoms. The van der Waals surface area contributed by atoms with E-state index >= 15 is 0 Å². The number of hydrogen-bond acceptors (Lipinski definition) is 3. The number of benzene rings is 1. The second-order valence-corrected chi connectivity index (χ2v) is 3.67. The summed E-state index contributed by atoms with van der Waals surface area (Å²) in [4.78, 5) is 10.5. The third-order valence-corrected chi connectivity index (χ3v) is 2.65. The number of rotatable bonds is 3. The number of hydrogen-bond donors (Lipinski definition) is 0. The van der Waals surface area contributed by atoms with Gasteiger partial charge in [-0.1, -0.05) is 36.4 Å². The number of allylic oxidation sites excluding steroid dienone is 2. The van der Waals surface area contributed by atoms with Crippen molar-refractivity contribution in [3.05, 3.63) is 76.0 Å². The first kappa shape index (κ1) is 11.5. The van der Waals surface area contributed by atoms with Crippen molar-refractivity contribution in [2.24, 2.45) is 0 Å². The molecule has 1 unspecified atom stereocenters. The fourth-order valence-corrected chi connectivity index (χ4v) is 1.79. The van der Waals surface area contributed by atoms with Gasteiger partial charge in [0.15, 0.2) is 0 Å². The Bertz CT molecular complexity index is 465. The molecule has 87 valence electrons. The topological polar surface area (TPSA) is 52.4 Å². The van der Waals surface area contributed by atoms with Gasteiger partial charge in [0, 0.05) is 19.1 Å². The summed E-state index contributed by atoms with van der Waals surface area (Å²) in [6, 6.07) is 9.64. The molecule has 0 heterocycles. The molecule has 4 heteroatoms. The van der Waals surface area contributed by atoms with Crippen LogP contribution in [-0.2, 0) is 4.74 Å². The second-order valence-electron chi connectivity index (χ2n) is 3.67. The molecule has 0 saturated heterocycles. The van der Waals surface area contributed by atoms with Gasteiger partial charge in [0.05, 0.1) is 4.92 Å². The summed E-state index contributed by atoms with van der Waals surface area (Å²) in [6.45, 7) is 0. The van der Waals surface area contributed by atoms with Gasteiger partial charge in [0.1, 0.15) is 0 Å². The van der Waals surface area contributed by atoms with Gasteiger partial charge in [-0.3, -0.25) is 10.1 Å². The Morgan fingerprint density at radius 1 is 1.29 bits per heavy atom. The third-order valence-electron chi connectivity index (χ3n) is 2.65. The highest BCUT2D eigenvalue weighted by molar-refractivity contribution is 5.38. The molecule has 1 aromatic rings. The van der Waals surface area contributed by atoms with E-state index in [1.165, 1.54) is 7.11 Å². The van der Waals surface area contributed by atoms with E-state index in [9.17, 15) is 10.1 Å². The van der Waals surface area contributed by atoms with Crippen molar-refractivity contribution in [2.75, 3.05) is 7.11 Å². The average Bonchev–Trinajstić information content (AvgIpc) is 2.39. The van der Waals surface area contributed by atoms with Crippen molar-refractivity contribution in [3.63, 3.8) is 0 Å². The summed E-state index contributed by atoms with van der Waals surface area (Å²) in [7, 11) is 1.43. The van der Waals surface area contributed by atoms with Crippen molar-refractivity contribution in [3.8, 4) is 0 Å². The van der Waals surface area contributed by atoms with Gasteiger partial charge in [-0.2, -0.15) is 0 Å². The van der Waals surface area contributed by atoms with Crippen molar-refractivity contribution in [1.29, 1.82) is 0 Å². The van der Waals surface area contributed by atoms with Gasteiger partial charge < -0.3 is 4.74 Å². The quantitative estimate of drug-likeness (QED) is 0.592. The van der Waals surface area contributed by atoms with Crippen LogP contribution < -0.4 is 0 Å². The Hall–Kier alpha value is -1.94. The minimum atomic E-state index is -0.418. The SMILES string of the molecule is CO[C]1C=CC(c2ccccc2)C=C1[N+](=O)[O-]. The fourth-order valence-electron chi connectivity index (χ4n) is 1.79. The van der Waals surface area contributed by atoms with Gasteiger partial charge in [-0.25, -0.2) is 0 Å². The Labute approximate surface area is 99.4 Å². The van der Waals surface area contributed by atoms with E-state index in [0.29, 0.717) is 6.10 Å². The maximum absolute atomic E-state index is 10.9. The van der Waals surface area contributed by atoms with Gasteiger partial charge >= 0.3 is 0 Å². The molecule has 17 heavy (non-hydrogen) atoms. The zero-order valence-electron chi connectivity index (χ0n) is 9.37. The van der Waals surface area contributed by atoms with E-state index in [-0.39, 0.29) is 11.6 Å². The molecule has 1 aliphatic carbocycles. The summed E-state index contributed by atoms with van der Waals surface area (Å²) in [6.07, 6.45) is 5.44. The first-order chi connectivity index (χ1) is 8.22. The smallest absolute Gasteiger partial charge is 0.282 e. The van der Waals surface area contributed by atoms with Crippen molar-refractivity contribution in [2.45, 2.75) is 5.92 Å². The largest absolute Gasteiger partial charge is 0.360 e. The summed E-state index contributed by atoms with van der Waals surface area (Å²) in [5, 5.41) is 10.9. The van der Waals surface area contributed by atoms with E-state index in [4.69, 9.17) is 4.74 Å². The van der Waals surface area contributed by atoms with E-state index in [1.54, 1.807) is 12.2 Å². The number of methoxy groups -OCH3 is 1. The normalized spacial score (nSPS) is 20.1. The summed E-state index contributed by atoms with van der Waals surface area (Å²) in [5.41, 5.74) is 1.04. The molecule has 0 aliphatic heterocycles. The predicted molar refractivity (Wildman–Crippen MR) is 63.7 cm³/mol. The molecule has 1 aliphatic rings. The Kier molecular flexibility index (Phi) is 3.35. The van der Waals surface area contributed by atoms with Crippen LogP contribution in [0.1, 0.15) is 11.5 Å². The minimum absolute atomic E-state index is 0.0175. The summed E-state index contributed by atoms with van der Waals surface area (Å²) < 4.78 is 4.97. The molecule has 1 radical (unpaired) electrons. The maximum atomic E-state index is 10.9. The lowest BCUT2D eigenvalue weighted by Crippen LogP contribution is -2.14. The van der Waals surface area contributed by atoms with Gasteiger partial charge in [-0.15, -0.1) is 0 Å². The molecule has 0 aromatic heterocycles. The van der Waals surface area contributed by atoms with E-state index < -0.39 is 4.92 Å². The molecule has 4 nitrogen and oxygen atoms in total. The van der Waals surface area contributed by atoms with Crippen LogP contribution in [0.5, 0.6) is 0 Å². The van der Waals surface area contributed by atoms with E-state index in [0.717, 1.165) is 5.56 Å². The van der Waals surface area contributed by atoms with Crippen LogP contribution in [0.25, 0.3) is 0 Å². The molecule has 0 amide bonds. The van der Waals surface area contributed by atoms with Crippen molar-refractivity contribution < 1.29 is 9.66 Å². The highest BCUT2D eigenvalue weighted by Gasteiger charge is 2.28. The Morgan fingerprint density at radius 3 is 2.59 bits per heavy atom. The molecule has 0 fully saturated rings. The first-order valence-electron chi connectivity index (χ1n) is 5.23. The van der Waals surface area contributed by atoms with E-state index in [1.807, 2.05) is 36.4 Å². The average molecular weight is 230 g/mol. The number of nitrogens with zero attached hydrogens (tertiary/aromatic N) is 1. The molecule has 1 aromatic carbocycles. The van der Waals surface area contributed by atoms with Gasteiger partial charge in [0.2, 0.25) is 6.10 Å². The molecule has 1 atom stereocenters. The highest BCUT2D eigenvalue weighted by Crippen LogP contribution is 2.30. The summed E-state index contributed by atoms with van der Waals surface area (Å²) >= 11 is 0. The molecule has 0 N–H and O–H groups in total. The lowest BCUT2D eigenvalue weighted by molar-refractivity contribution is -0.428. The maximum Gasteiger partial charge on any atom is 0.282 e. The monoisotopic (exact) mass is 230 g/mol. The van der Waals surface area contributed by atoms with Crippen LogP contribution in [0.2, 0.25) is 0 Å². The van der Waals surface area contributed by atoms with Gasteiger partial charge in [-0.05, 0) is 11.6 Å². The van der Waals surface area contributed by atoms with Crippen LogP contribution in [-0.4, -0.2) is 12.0 Å². The Balaban J connectivity index is 2.31. The first-order valence-corrected chi connectivity index (χ1v) is 5.23. The van der Waals surface area contributed by atoms with Gasteiger partial charge in [0.25, 0.3) is 5.70 Å². The van der Waals surface area contributed by atoms with Crippen LogP contribution >= 0.6 is 0 Å². The van der Waals surface area contributed by atoms with Crippen molar-refractivity contribution in [1.82, 2.24) is 0 Å². The van der Waals surface area contributed by atoms with Crippen molar-refractivity contribution >= 4 is 0 Å². The van der Waals surface area contributed by atoms with Crippen LogP contribution in [0.3, 0.4) is 0 Å². The molecular weight excluding hydrogens is 218 g/mol. The van der Waals surface area contributed by atoms with Crippen LogP contribution in [0, 0.1) is 16.2 Å². The zero-order chi connectivity index (χ0) is 12.3. The number of nitro groups is 1. The summed E-state index contributed by atoms with van der Waals surface area (Å²) in [5.74, 6) is -0.0736. The molecule has 2 rings (SSSR count). The van der Waals surface area contributed by atoms with Crippen LogP contribution in [0.15, 0.2) is 54.3 Å². The fraction of sp³-hybridized carbons (Fsp3) is 0.154. The molecular formula is C13H12NO3. The zero-order valence-corrected chi connectivity index (χ0v) is 9.37. The minimum Gasteiger partial charge on any atom is -0.360 e. The van der Waals surface area contributed by atoms with Crippen LogP contribution in [0.4, 0.5) is 0 Å². The second kappa shape index (κ2) is 4.93. The number of ether oxygens (including phenoxy) is 1. The standard InChI is InChI=1S/C13H12NO3/c1-17-13-8-7-11(9-12(13)14(15)16)10-5-3-2-4-6-10/h2-9,11H,1H3. The predicted octanol–water partition coefficient (Wildman–Crippen LogP) is 2.68. The molecule has 0 saturated carbocycles.